The van der Waals surface area contributed by atoms with Crippen molar-refractivity contribution < 1.29 is 4.74 Å². The van der Waals surface area contributed by atoms with Crippen LogP contribution in [0.15, 0.2) is 24.3 Å². The van der Waals surface area contributed by atoms with Crippen molar-refractivity contribution in [2.75, 3.05) is 6.61 Å². The Balaban J connectivity index is 1.43. The lowest BCUT2D eigenvalue weighted by atomic mass is 9.65. The first-order valence-electron chi connectivity index (χ1n) is 13.3. The third kappa shape index (κ3) is 6.51. The molecule has 1 heteroatoms. The van der Waals surface area contributed by atoms with Crippen LogP contribution in [0.5, 0.6) is 5.75 Å². The largest absolute Gasteiger partial charge is 0.494 e. The number of hydrogen-bond acceptors (Lipinski definition) is 1. The van der Waals surface area contributed by atoms with Crippen LogP contribution >= 0.6 is 0 Å². The topological polar surface area (TPSA) is 9.23 Å². The van der Waals surface area contributed by atoms with Crippen LogP contribution in [0.4, 0.5) is 0 Å². The van der Waals surface area contributed by atoms with E-state index in [0.29, 0.717) is 5.92 Å². The second-order valence-electron chi connectivity index (χ2n) is 10.7. The van der Waals surface area contributed by atoms with E-state index in [9.17, 15) is 0 Å². The van der Waals surface area contributed by atoms with Crippen molar-refractivity contribution in [1.82, 2.24) is 0 Å². The van der Waals surface area contributed by atoms with E-state index in [1.807, 2.05) is 0 Å². The Hall–Kier alpha value is -0.980. The number of ether oxygens (including phenoxy) is 1. The fourth-order valence-corrected chi connectivity index (χ4v) is 6.44. The van der Waals surface area contributed by atoms with Crippen LogP contribution in [0.25, 0.3) is 0 Å². The second-order valence-corrected chi connectivity index (χ2v) is 10.7. The first-order chi connectivity index (χ1) is 14.6. The maximum Gasteiger partial charge on any atom is 0.119 e. The average Bonchev–Trinajstić information content (AvgIpc) is 2.80. The highest BCUT2D eigenvalue weighted by molar-refractivity contribution is 5.29. The Kier molecular flexibility index (Phi) is 9.60. The van der Waals surface area contributed by atoms with Gasteiger partial charge in [0.1, 0.15) is 5.75 Å². The molecule has 2 saturated carbocycles. The van der Waals surface area contributed by atoms with Crippen LogP contribution in [0, 0.1) is 29.6 Å². The Morgan fingerprint density at radius 1 is 0.767 bits per heavy atom. The summed E-state index contributed by atoms with van der Waals surface area (Å²) >= 11 is 0. The minimum atomic E-state index is 0.676. The SMILES string of the molecule is CCCCOc1ccc(C(C)C2CCC(C(C)C3CCC(CCC)CC3)CC2)cc1. The van der Waals surface area contributed by atoms with Crippen LogP contribution < -0.4 is 4.74 Å². The molecule has 2 aliphatic rings. The molecular formula is C29H48O. The zero-order valence-electron chi connectivity index (χ0n) is 20.4. The van der Waals surface area contributed by atoms with Gasteiger partial charge in [0.25, 0.3) is 0 Å². The van der Waals surface area contributed by atoms with Gasteiger partial charge in [0.05, 0.1) is 6.61 Å². The Bertz CT molecular complexity index is 575. The molecule has 3 rings (SSSR count). The molecule has 170 valence electrons. The summed E-state index contributed by atoms with van der Waals surface area (Å²) in [5, 5.41) is 0. The van der Waals surface area contributed by atoms with Gasteiger partial charge in [0.2, 0.25) is 0 Å². The quantitative estimate of drug-likeness (QED) is 0.348. The summed E-state index contributed by atoms with van der Waals surface area (Å²) in [6.45, 7) is 10.5. The molecule has 1 nitrogen and oxygen atoms in total. The molecule has 1 aromatic carbocycles. The molecule has 0 spiro atoms. The van der Waals surface area contributed by atoms with E-state index in [2.05, 4.69) is 52.0 Å². The van der Waals surface area contributed by atoms with Gasteiger partial charge < -0.3 is 4.74 Å². The van der Waals surface area contributed by atoms with E-state index in [1.54, 1.807) is 0 Å². The Morgan fingerprint density at radius 2 is 1.33 bits per heavy atom. The van der Waals surface area contributed by atoms with Gasteiger partial charge in [-0.1, -0.05) is 71.9 Å². The second kappa shape index (κ2) is 12.2. The van der Waals surface area contributed by atoms with Crippen molar-refractivity contribution in [3.8, 4) is 5.75 Å². The van der Waals surface area contributed by atoms with Gasteiger partial charge in [-0.15, -0.1) is 0 Å². The highest BCUT2D eigenvalue weighted by Crippen LogP contribution is 2.45. The van der Waals surface area contributed by atoms with Crippen LogP contribution in [0.3, 0.4) is 0 Å². The first kappa shape index (κ1) is 23.7. The maximum atomic E-state index is 5.84. The fraction of sp³-hybridized carbons (Fsp3) is 0.793. The average molecular weight is 413 g/mol. The molecule has 0 saturated heterocycles. The summed E-state index contributed by atoms with van der Waals surface area (Å²) in [7, 11) is 0. The third-order valence-corrected chi connectivity index (χ3v) is 8.77. The number of hydrogen-bond donors (Lipinski definition) is 0. The highest BCUT2D eigenvalue weighted by atomic mass is 16.5. The van der Waals surface area contributed by atoms with Crippen LogP contribution in [0.1, 0.15) is 116 Å². The monoisotopic (exact) mass is 412 g/mol. The van der Waals surface area contributed by atoms with Crippen molar-refractivity contribution in [3.63, 3.8) is 0 Å². The Labute approximate surface area is 187 Å². The van der Waals surface area contributed by atoms with Crippen molar-refractivity contribution in [2.24, 2.45) is 29.6 Å². The standard InChI is InChI=1S/C29H48O/c1-5-7-21-30-29-19-17-28(18-20-29)23(4)27-15-13-26(14-16-27)22(3)25-11-9-24(8-6-2)10-12-25/h17-20,22-27H,5-16,21H2,1-4H3. The lowest BCUT2D eigenvalue weighted by Crippen LogP contribution is -2.29. The molecule has 0 heterocycles. The molecule has 2 aliphatic carbocycles. The van der Waals surface area contributed by atoms with Crippen molar-refractivity contribution in [2.45, 2.75) is 111 Å². The minimum absolute atomic E-state index is 0.676. The molecule has 0 amide bonds. The van der Waals surface area contributed by atoms with Crippen molar-refractivity contribution in [3.05, 3.63) is 29.8 Å². The lowest BCUT2D eigenvalue weighted by molar-refractivity contribution is 0.118. The molecule has 2 fully saturated rings. The van der Waals surface area contributed by atoms with E-state index in [1.165, 1.54) is 76.2 Å². The van der Waals surface area contributed by atoms with E-state index in [4.69, 9.17) is 4.74 Å². The molecule has 0 aromatic heterocycles. The van der Waals surface area contributed by atoms with Gasteiger partial charge in [-0.05, 0) is 98.1 Å². The first-order valence-corrected chi connectivity index (χ1v) is 13.3. The van der Waals surface area contributed by atoms with E-state index < -0.39 is 0 Å². The van der Waals surface area contributed by atoms with Crippen molar-refractivity contribution >= 4 is 0 Å². The van der Waals surface area contributed by atoms with Gasteiger partial charge in [0, 0.05) is 0 Å². The number of benzene rings is 1. The smallest absolute Gasteiger partial charge is 0.119 e. The van der Waals surface area contributed by atoms with Gasteiger partial charge in [-0.25, -0.2) is 0 Å². The summed E-state index contributed by atoms with van der Waals surface area (Å²) < 4.78 is 5.84. The zero-order chi connectivity index (χ0) is 21.3. The molecule has 1 aromatic rings. The maximum absolute atomic E-state index is 5.84. The van der Waals surface area contributed by atoms with Crippen LogP contribution in [-0.2, 0) is 0 Å². The van der Waals surface area contributed by atoms with Crippen LogP contribution in [0.2, 0.25) is 0 Å². The predicted molar refractivity (Wildman–Crippen MR) is 130 cm³/mol. The molecule has 30 heavy (non-hydrogen) atoms. The normalized spacial score (nSPS) is 29.3. The molecule has 0 radical (unpaired) electrons. The van der Waals surface area contributed by atoms with E-state index in [-0.39, 0.29) is 0 Å². The van der Waals surface area contributed by atoms with Crippen molar-refractivity contribution in [1.29, 1.82) is 0 Å². The molecule has 2 atom stereocenters. The summed E-state index contributed by atoms with van der Waals surface area (Å²) in [6.07, 6.45) is 17.0. The zero-order valence-corrected chi connectivity index (χ0v) is 20.4. The summed E-state index contributed by atoms with van der Waals surface area (Å²) in [4.78, 5) is 0. The van der Waals surface area contributed by atoms with E-state index in [0.717, 1.165) is 48.4 Å². The molecular weight excluding hydrogens is 364 g/mol. The lowest BCUT2D eigenvalue weighted by Gasteiger charge is -2.40. The van der Waals surface area contributed by atoms with Crippen LogP contribution in [-0.4, -0.2) is 6.61 Å². The summed E-state index contributed by atoms with van der Waals surface area (Å²) in [5.74, 6) is 6.55. The highest BCUT2D eigenvalue weighted by Gasteiger charge is 2.33. The molecule has 2 unspecified atom stereocenters. The number of unbranched alkanes of at least 4 members (excludes halogenated alkanes) is 1. The molecule has 0 aliphatic heterocycles. The summed E-state index contributed by atoms with van der Waals surface area (Å²) in [6, 6.07) is 9.00. The number of rotatable bonds is 10. The van der Waals surface area contributed by atoms with E-state index >= 15 is 0 Å². The molecule has 0 N–H and O–H groups in total. The third-order valence-electron chi connectivity index (χ3n) is 8.77. The minimum Gasteiger partial charge on any atom is -0.494 e. The predicted octanol–water partition coefficient (Wildman–Crippen LogP) is 9.02. The van der Waals surface area contributed by atoms with Gasteiger partial charge >= 0.3 is 0 Å². The molecule has 0 bridgehead atoms. The van der Waals surface area contributed by atoms with Gasteiger partial charge in [-0.2, -0.15) is 0 Å². The fourth-order valence-electron chi connectivity index (χ4n) is 6.44. The van der Waals surface area contributed by atoms with Gasteiger partial charge in [-0.3, -0.25) is 0 Å². The summed E-state index contributed by atoms with van der Waals surface area (Å²) in [5.41, 5.74) is 1.50. The van der Waals surface area contributed by atoms with Gasteiger partial charge in [0.15, 0.2) is 0 Å². The Morgan fingerprint density at radius 3 is 1.90 bits per heavy atom.